The fourth-order valence-corrected chi connectivity index (χ4v) is 1.79. The second-order valence-corrected chi connectivity index (χ2v) is 4.31. The zero-order chi connectivity index (χ0) is 10.7. The number of pyridine rings is 1. The first-order valence-electron chi connectivity index (χ1n) is 5.63. The third kappa shape index (κ3) is 2.45. The van der Waals surface area contributed by atoms with Crippen molar-refractivity contribution in [1.82, 2.24) is 10.3 Å². The minimum Gasteiger partial charge on any atom is -0.313 e. The Kier molecular flexibility index (Phi) is 3.17. The molecule has 0 aromatic carbocycles. The lowest BCUT2D eigenvalue weighted by atomic mass is 10.0. The van der Waals surface area contributed by atoms with Crippen LogP contribution in [0.1, 0.15) is 37.4 Å². The summed E-state index contributed by atoms with van der Waals surface area (Å²) in [7, 11) is 0. The van der Waals surface area contributed by atoms with Crippen LogP contribution in [-0.4, -0.2) is 18.1 Å². The van der Waals surface area contributed by atoms with E-state index in [1.165, 1.54) is 11.1 Å². The number of nitrogens with zero attached hydrogens (tertiary/aromatic N) is 1. The van der Waals surface area contributed by atoms with Crippen molar-refractivity contribution in [2.24, 2.45) is 0 Å². The number of aromatic nitrogens is 1. The normalized spacial score (nSPS) is 16.6. The molecular weight excluding hydrogens is 184 g/mol. The summed E-state index contributed by atoms with van der Waals surface area (Å²) in [5.74, 6) is 0.563. The Morgan fingerprint density at radius 1 is 1.33 bits per heavy atom. The highest BCUT2D eigenvalue weighted by atomic mass is 14.9. The van der Waals surface area contributed by atoms with E-state index in [2.05, 4.69) is 42.4 Å². The van der Waals surface area contributed by atoms with Crippen LogP contribution in [0, 0.1) is 0 Å². The van der Waals surface area contributed by atoms with Gasteiger partial charge in [-0.1, -0.05) is 26.0 Å². The largest absolute Gasteiger partial charge is 0.313 e. The van der Waals surface area contributed by atoms with Gasteiger partial charge in [-0.15, -0.1) is 0 Å². The molecule has 1 aliphatic heterocycles. The van der Waals surface area contributed by atoms with Gasteiger partial charge in [-0.25, -0.2) is 0 Å². The molecule has 0 spiro atoms. The zero-order valence-corrected chi connectivity index (χ0v) is 9.46. The van der Waals surface area contributed by atoms with E-state index >= 15 is 0 Å². The third-order valence-electron chi connectivity index (χ3n) is 2.85. The van der Waals surface area contributed by atoms with Crippen molar-refractivity contribution >= 4 is 5.57 Å². The maximum Gasteiger partial charge on any atom is 0.0659 e. The van der Waals surface area contributed by atoms with Crippen LogP contribution < -0.4 is 5.32 Å². The number of rotatable bonds is 2. The summed E-state index contributed by atoms with van der Waals surface area (Å²) in [6.07, 6.45) is 5.33. The SMILES string of the molecule is CC(C)c1ccc(C2=CCNCC2)nc1. The molecular formula is C13H18N2. The molecule has 0 fully saturated rings. The van der Waals surface area contributed by atoms with Gasteiger partial charge in [0.15, 0.2) is 0 Å². The average molecular weight is 202 g/mol. The van der Waals surface area contributed by atoms with Gasteiger partial charge >= 0.3 is 0 Å². The summed E-state index contributed by atoms with van der Waals surface area (Å²) in [5.41, 5.74) is 3.83. The minimum atomic E-state index is 0.563. The van der Waals surface area contributed by atoms with E-state index in [0.29, 0.717) is 5.92 Å². The van der Waals surface area contributed by atoms with Crippen molar-refractivity contribution in [2.75, 3.05) is 13.1 Å². The highest BCUT2D eigenvalue weighted by Crippen LogP contribution is 2.19. The fraction of sp³-hybridized carbons (Fsp3) is 0.462. The molecule has 0 atom stereocenters. The van der Waals surface area contributed by atoms with Crippen molar-refractivity contribution in [2.45, 2.75) is 26.2 Å². The molecule has 80 valence electrons. The lowest BCUT2D eigenvalue weighted by molar-refractivity contribution is 0.736. The Bertz CT molecular complexity index is 349. The quantitative estimate of drug-likeness (QED) is 0.797. The highest BCUT2D eigenvalue weighted by Gasteiger charge is 2.07. The lowest BCUT2D eigenvalue weighted by Gasteiger charge is -2.14. The Labute approximate surface area is 91.4 Å². The maximum atomic E-state index is 4.53. The third-order valence-corrected chi connectivity index (χ3v) is 2.85. The first-order chi connectivity index (χ1) is 7.27. The molecule has 2 heteroatoms. The van der Waals surface area contributed by atoms with Gasteiger partial charge in [0.05, 0.1) is 5.69 Å². The molecule has 0 amide bonds. The van der Waals surface area contributed by atoms with Gasteiger partial charge in [-0.2, -0.15) is 0 Å². The van der Waals surface area contributed by atoms with Crippen molar-refractivity contribution in [1.29, 1.82) is 0 Å². The fourth-order valence-electron chi connectivity index (χ4n) is 1.79. The highest BCUT2D eigenvalue weighted by molar-refractivity contribution is 5.63. The monoisotopic (exact) mass is 202 g/mol. The average Bonchev–Trinajstić information content (AvgIpc) is 2.30. The molecule has 1 aliphatic rings. The van der Waals surface area contributed by atoms with Crippen LogP contribution in [-0.2, 0) is 0 Å². The molecule has 1 aromatic heterocycles. The Hall–Kier alpha value is -1.15. The molecule has 0 saturated carbocycles. The van der Waals surface area contributed by atoms with E-state index in [9.17, 15) is 0 Å². The first kappa shape index (κ1) is 10.4. The van der Waals surface area contributed by atoms with Gasteiger partial charge in [0.1, 0.15) is 0 Å². The summed E-state index contributed by atoms with van der Waals surface area (Å²) in [4.78, 5) is 4.53. The van der Waals surface area contributed by atoms with Crippen molar-refractivity contribution < 1.29 is 0 Å². The van der Waals surface area contributed by atoms with Gasteiger partial charge < -0.3 is 5.32 Å². The second-order valence-electron chi connectivity index (χ2n) is 4.31. The van der Waals surface area contributed by atoms with E-state index in [-0.39, 0.29) is 0 Å². The Balaban J connectivity index is 2.19. The molecule has 0 aliphatic carbocycles. The molecule has 2 nitrogen and oxygen atoms in total. The summed E-state index contributed by atoms with van der Waals surface area (Å²) in [5, 5.41) is 3.31. The first-order valence-corrected chi connectivity index (χ1v) is 5.63. The Morgan fingerprint density at radius 3 is 2.73 bits per heavy atom. The summed E-state index contributed by atoms with van der Waals surface area (Å²) >= 11 is 0. The number of hydrogen-bond acceptors (Lipinski definition) is 2. The summed E-state index contributed by atoms with van der Waals surface area (Å²) in [6.45, 7) is 6.43. The molecule has 0 saturated heterocycles. The molecule has 2 heterocycles. The van der Waals surface area contributed by atoms with Gasteiger partial charge in [-0.05, 0) is 36.1 Å². The summed E-state index contributed by atoms with van der Waals surface area (Å²) < 4.78 is 0. The smallest absolute Gasteiger partial charge is 0.0659 e. The molecule has 0 bridgehead atoms. The molecule has 0 unspecified atom stereocenters. The van der Waals surface area contributed by atoms with Gasteiger partial charge in [-0.3, -0.25) is 4.98 Å². The van der Waals surface area contributed by atoms with E-state index in [1.807, 2.05) is 6.20 Å². The van der Waals surface area contributed by atoms with Crippen LogP contribution in [0.15, 0.2) is 24.4 Å². The van der Waals surface area contributed by atoms with Gasteiger partial charge in [0, 0.05) is 12.7 Å². The molecule has 1 aromatic rings. The van der Waals surface area contributed by atoms with Crippen LogP contribution >= 0.6 is 0 Å². The maximum absolute atomic E-state index is 4.53. The van der Waals surface area contributed by atoms with Crippen molar-refractivity contribution in [3.8, 4) is 0 Å². The van der Waals surface area contributed by atoms with Crippen LogP contribution in [0.3, 0.4) is 0 Å². The molecule has 15 heavy (non-hydrogen) atoms. The van der Waals surface area contributed by atoms with Crippen LogP contribution in [0.25, 0.3) is 5.57 Å². The predicted molar refractivity (Wildman–Crippen MR) is 63.8 cm³/mol. The van der Waals surface area contributed by atoms with Crippen molar-refractivity contribution in [3.63, 3.8) is 0 Å². The number of nitrogens with one attached hydrogen (secondary N) is 1. The van der Waals surface area contributed by atoms with Gasteiger partial charge in [0.25, 0.3) is 0 Å². The van der Waals surface area contributed by atoms with Crippen LogP contribution in [0.4, 0.5) is 0 Å². The van der Waals surface area contributed by atoms with E-state index in [4.69, 9.17) is 0 Å². The lowest BCUT2D eigenvalue weighted by Crippen LogP contribution is -2.20. The van der Waals surface area contributed by atoms with E-state index in [1.54, 1.807) is 0 Å². The Morgan fingerprint density at radius 2 is 2.20 bits per heavy atom. The summed E-state index contributed by atoms with van der Waals surface area (Å²) in [6, 6.07) is 4.34. The van der Waals surface area contributed by atoms with E-state index in [0.717, 1.165) is 25.2 Å². The van der Waals surface area contributed by atoms with Crippen molar-refractivity contribution in [3.05, 3.63) is 35.7 Å². The predicted octanol–water partition coefficient (Wildman–Crippen LogP) is 2.58. The molecule has 0 radical (unpaired) electrons. The van der Waals surface area contributed by atoms with Gasteiger partial charge in [0.2, 0.25) is 0 Å². The van der Waals surface area contributed by atoms with E-state index < -0.39 is 0 Å². The van der Waals surface area contributed by atoms with Crippen LogP contribution in [0.5, 0.6) is 0 Å². The molecule has 2 rings (SSSR count). The zero-order valence-electron chi connectivity index (χ0n) is 9.46. The standard InChI is InChI=1S/C13H18N2/c1-10(2)12-3-4-13(15-9-12)11-5-7-14-8-6-11/h3-5,9-10,14H,6-8H2,1-2H3. The van der Waals surface area contributed by atoms with Crippen LogP contribution in [0.2, 0.25) is 0 Å². The minimum absolute atomic E-state index is 0.563. The molecule has 1 N–H and O–H groups in total. The second kappa shape index (κ2) is 4.58. The number of hydrogen-bond donors (Lipinski definition) is 1. The topological polar surface area (TPSA) is 24.9 Å².